The van der Waals surface area contributed by atoms with Crippen LogP contribution in [0, 0.1) is 6.92 Å². The predicted octanol–water partition coefficient (Wildman–Crippen LogP) is 3.00. The molecule has 0 aliphatic heterocycles. The van der Waals surface area contributed by atoms with Gasteiger partial charge in [-0.1, -0.05) is 6.07 Å². The van der Waals surface area contributed by atoms with Gasteiger partial charge in [0.25, 0.3) is 0 Å². The van der Waals surface area contributed by atoms with E-state index in [1.165, 1.54) is 0 Å². The Morgan fingerprint density at radius 3 is 2.89 bits per heavy atom. The second-order valence-corrected chi connectivity index (χ2v) is 4.33. The maximum Gasteiger partial charge on any atom is 0.221 e. The highest BCUT2D eigenvalue weighted by molar-refractivity contribution is 5.98. The third kappa shape index (κ3) is 2.96. The molecule has 1 N–H and O–H groups in total. The first-order chi connectivity index (χ1) is 9.27. The number of ether oxygens (including phenoxy) is 2. The molecule has 1 heterocycles. The molecule has 1 aromatic carbocycles. The van der Waals surface area contributed by atoms with Gasteiger partial charge in [0.05, 0.1) is 13.2 Å². The molecule has 0 aliphatic rings. The number of hydrogen-bond acceptors (Lipinski definition) is 4. The molecule has 1 aromatic heterocycles. The van der Waals surface area contributed by atoms with E-state index in [-0.39, 0.29) is 0 Å². The molecule has 2 rings (SSSR count). The van der Waals surface area contributed by atoms with Crippen molar-refractivity contribution in [1.82, 2.24) is 4.98 Å². The number of benzene rings is 1. The summed E-state index contributed by atoms with van der Waals surface area (Å²) in [7, 11) is 1.70. The molecule has 0 atom stereocenters. The molecule has 0 radical (unpaired) electrons. The lowest BCUT2D eigenvalue weighted by molar-refractivity contribution is 0.211. The minimum absolute atomic E-state index is 0.618. The van der Waals surface area contributed by atoms with Crippen molar-refractivity contribution in [1.29, 1.82) is 0 Å². The van der Waals surface area contributed by atoms with Gasteiger partial charge in [-0.2, -0.15) is 0 Å². The molecule has 0 aliphatic carbocycles. The van der Waals surface area contributed by atoms with Gasteiger partial charge in [-0.3, -0.25) is 0 Å². The monoisotopic (exact) mass is 260 g/mol. The molecule has 0 saturated heterocycles. The first-order valence-electron chi connectivity index (χ1n) is 6.51. The van der Waals surface area contributed by atoms with E-state index in [0.717, 1.165) is 28.6 Å². The van der Waals surface area contributed by atoms with Crippen LogP contribution < -0.4 is 10.1 Å². The fraction of sp³-hybridized carbons (Fsp3) is 0.400. The van der Waals surface area contributed by atoms with Gasteiger partial charge < -0.3 is 14.8 Å². The number of methoxy groups -OCH3 is 1. The van der Waals surface area contributed by atoms with E-state index in [2.05, 4.69) is 23.3 Å². The molecule has 0 saturated carbocycles. The van der Waals surface area contributed by atoms with Gasteiger partial charge in [0.1, 0.15) is 0 Å². The Hall–Kier alpha value is -1.81. The molecule has 0 unspecified atom stereocenters. The minimum atomic E-state index is 0.618. The molecule has 2 aromatic rings. The minimum Gasteiger partial charge on any atom is -0.478 e. The van der Waals surface area contributed by atoms with Crippen LogP contribution >= 0.6 is 0 Å². The maximum absolute atomic E-state index is 5.59. The Bertz CT molecular complexity index is 555. The Morgan fingerprint density at radius 1 is 1.32 bits per heavy atom. The average Bonchev–Trinajstić information content (AvgIpc) is 2.42. The molecule has 102 valence electrons. The molecule has 0 amide bonds. The van der Waals surface area contributed by atoms with Crippen molar-refractivity contribution in [3.05, 3.63) is 30.0 Å². The summed E-state index contributed by atoms with van der Waals surface area (Å²) in [6, 6.07) is 6.13. The van der Waals surface area contributed by atoms with Crippen LogP contribution in [-0.4, -0.2) is 31.9 Å². The van der Waals surface area contributed by atoms with E-state index in [9.17, 15) is 0 Å². The van der Waals surface area contributed by atoms with Gasteiger partial charge >= 0.3 is 0 Å². The predicted molar refractivity (Wildman–Crippen MR) is 78.0 cm³/mol. The summed E-state index contributed by atoms with van der Waals surface area (Å²) in [5.74, 6) is 0.693. The largest absolute Gasteiger partial charge is 0.478 e. The lowest BCUT2D eigenvalue weighted by atomic mass is 10.1. The van der Waals surface area contributed by atoms with Gasteiger partial charge in [0, 0.05) is 36.3 Å². The van der Waals surface area contributed by atoms with Crippen molar-refractivity contribution >= 4 is 16.5 Å². The van der Waals surface area contributed by atoms with Gasteiger partial charge in [-0.25, -0.2) is 4.98 Å². The Kier molecular flexibility index (Phi) is 4.58. The first kappa shape index (κ1) is 13.6. The normalized spacial score (nSPS) is 10.7. The fourth-order valence-electron chi connectivity index (χ4n) is 2.13. The van der Waals surface area contributed by atoms with Crippen LogP contribution in [0.4, 0.5) is 5.69 Å². The van der Waals surface area contributed by atoms with Gasteiger partial charge in [-0.05, 0) is 31.5 Å². The van der Waals surface area contributed by atoms with E-state index in [1.54, 1.807) is 7.11 Å². The molecule has 0 spiro atoms. The standard InChI is InChI=1S/C15H20N2O2/c1-4-19-15-12-6-5-7-13(16-8-9-18-3)14(12)11(2)10-17-15/h5-7,10,16H,4,8-9H2,1-3H3. The van der Waals surface area contributed by atoms with E-state index in [0.29, 0.717) is 19.1 Å². The van der Waals surface area contributed by atoms with Gasteiger partial charge in [0.15, 0.2) is 0 Å². The summed E-state index contributed by atoms with van der Waals surface area (Å²) in [6.07, 6.45) is 1.86. The van der Waals surface area contributed by atoms with E-state index in [4.69, 9.17) is 9.47 Å². The summed E-state index contributed by atoms with van der Waals surface area (Å²) in [6.45, 7) is 6.10. The second kappa shape index (κ2) is 6.38. The summed E-state index contributed by atoms with van der Waals surface area (Å²) < 4.78 is 10.7. The molecule has 0 fully saturated rings. The highest BCUT2D eigenvalue weighted by atomic mass is 16.5. The number of nitrogens with zero attached hydrogens (tertiary/aromatic N) is 1. The molecule has 4 nitrogen and oxygen atoms in total. The van der Waals surface area contributed by atoms with Crippen LogP contribution in [0.1, 0.15) is 12.5 Å². The average molecular weight is 260 g/mol. The number of nitrogens with one attached hydrogen (secondary N) is 1. The van der Waals surface area contributed by atoms with E-state index < -0.39 is 0 Å². The molecular weight excluding hydrogens is 240 g/mol. The van der Waals surface area contributed by atoms with Crippen LogP contribution in [0.3, 0.4) is 0 Å². The van der Waals surface area contributed by atoms with Crippen molar-refractivity contribution in [3.63, 3.8) is 0 Å². The van der Waals surface area contributed by atoms with Crippen molar-refractivity contribution in [3.8, 4) is 5.88 Å². The molecule has 19 heavy (non-hydrogen) atoms. The Morgan fingerprint density at radius 2 is 2.16 bits per heavy atom. The summed E-state index contributed by atoms with van der Waals surface area (Å²) in [5, 5.41) is 5.60. The molecule has 4 heteroatoms. The second-order valence-electron chi connectivity index (χ2n) is 4.33. The van der Waals surface area contributed by atoms with Crippen LogP contribution in [0.25, 0.3) is 10.8 Å². The van der Waals surface area contributed by atoms with Crippen molar-refractivity contribution in [2.45, 2.75) is 13.8 Å². The summed E-state index contributed by atoms with van der Waals surface area (Å²) >= 11 is 0. The zero-order chi connectivity index (χ0) is 13.7. The van der Waals surface area contributed by atoms with Crippen molar-refractivity contribution in [2.75, 3.05) is 32.2 Å². The van der Waals surface area contributed by atoms with Crippen molar-refractivity contribution < 1.29 is 9.47 Å². The maximum atomic E-state index is 5.59. The third-order valence-electron chi connectivity index (χ3n) is 2.97. The smallest absolute Gasteiger partial charge is 0.221 e. The number of anilines is 1. The number of aryl methyl sites for hydroxylation is 1. The molecular formula is C15H20N2O2. The zero-order valence-corrected chi connectivity index (χ0v) is 11.7. The van der Waals surface area contributed by atoms with Crippen LogP contribution in [0.15, 0.2) is 24.4 Å². The number of rotatable bonds is 6. The van der Waals surface area contributed by atoms with E-state index >= 15 is 0 Å². The van der Waals surface area contributed by atoms with Crippen LogP contribution in [0.5, 0.6) is 5.88 Å². The fourth-order valence-corrected chi connectivity index (χ4v) is 2.13. The van der Waals surface area contributed by atoms with Crippen LogP contribution in [-0.2, 0) is 4.74 Å². The van der Waals surface area contributed by atoms with Gasteiger partial charge in [-0.15, -0.1) is 0 Å². The van der Waals surface area contributed by atoms with Crippen LogP contribution in [0.2, 0.25) is 0 Å². The van der Waals surface area contributed by atoms with Crippen molar-refractivity contribution in [2.24, 2.45) is 0 Å². The first-order valence-corrected chi connectivity index (χ1v) is 6.51. The summed E-state index contributed by atoms with van der Waals surface area (Å²) in [5.41, 5.74) is 2.23. The molecule has 0 bridgehead atoms. The summed E-state index contributed by atoms with van der Waals surface area (Å²) in [4.78, 5) is 4.36. The number of hydrogen-bond donors (Lipinski definition) is 1. The quantitative estimate of drug-likeness (QED) is 0.811. The number of aromatic nitrogens is 1. The number of pyridine rings is 1. The third-order valence-corrected chi connectivity index (χ3v) is 2.97. The lowest BCUT2D eigenvalue weighted by Gasteiger charge is -2.13. The zero-order valence-electron chi connectivity index (χ0n) is 11.7. The lowest BCUT2D eigenvalue weighted by Crippen LogP contribution is -2.08. The Labute approximate surface area is 113 Å². The van der Waals surface area contributed by atoms with Gasteiger partial charge in [0.2, 0.25) is 5.88 Å². The SMILES string of the molecule is CCOc1ncc(C)c2c(NCCOC)cccc12. The number of fused-ring (bicyclic) bond motifs is 1. The highest BCUT2D eigenvalue weighted by Gasteiger charge is 2.09. The topological polar surface area (TPSA) is 43.4 Å². The van der Waals surface area contributed by atoms with E-state index in [1.807, 2.05) is 25.3 Å². The highest BCUT2D eigenvalue weighted by Crippen LogP contribution is 2.31. The Balaban J connectivity index is 2.44.